The molecule has 158 valence electrons. The van der Waals surface area contributed by atoms with Gasteiger partial charge in [-0.05, 0) is 17.7 Å². The van der Waals surface area contributed by atoms with E-state index in [-0.39, 0.29) is 33.2 Å². The summed E-state index contributed by atoms with van der Waals surface area (Å²) in [6, 6.07) is 14.8. The van der Waals surface area contributed by atoms with E-state index in [4.69, 9.17) is 21.1 Å². The standard InChI is InChI=1S/C24H18ClF2NO3/c1-13-19-18(31-24(13,12-29)15-6-4-3-5-7-15)10-16(26)22(25)21(19)20-14(11-28)8-9-17(30-2)23(20)27/h3-10,13,29H,12H2,1-2H3. The molecular weight excluding hydrogens is 424 g/mol. The number of halogens is 3. The zero-order chi connectivity index (χ0) is 22.3. The Morgan fingerprint density at radius 2 is 1.90 bits per heavy atom. The minimum atomic E-state index is -1.22. The lowest BCUT2D eigenvalue weighted by molar-refractivity contribution is 0.00737. The Kier molecular flexibility index (Phi) is 5.34. The number of aliphatic hydroxyl groups excluding tert-OH is 1. The Hall–Kier alpha value is -3.14. The van der Waals surface area contributed by atoms with E-state index in [2.05, 4.69) is 0 Å². The maximum Gasteiger partial charge on any atom is 0.174 e. The van der Waals surface area contributed by atoms with Gasteiger partial charge < -0.3 is 14.6 Å². The highest BCUT2D eigenvalue weighted by Gasteiger charge is 2.49. The van der Waals surface area contributed by atoms with Gasteiger partial charge in [0.05, 0.1) is 30.4 Å². The quantitative estimate of drug-likeness (QED) is 0.576. The molecule has 4 rings (SSSR count). The summed E-state index contributed by atoms with van der Waals surface area (Å²) >= 11 is 6.35. The van der Waals surface area contributed by atoms with Gasteiger partial charge in [-0.3, -0.25) is 0 Å². The molecule has 1 aliphatic heterocycles. The first-order chi connectivity index (χ1) is 14.9. The van der Waals surface area contributed by atoms with Crippen LogP contribution in [0.4, 0.5) is 8.78 Å². The van der Waals surface area contributed by atoms with Crippen LogP contribution in [0.1, 0.15) is 29.5 Å². The minimum absolute atomic E-state index is 0.0170. The van der Waals surface area contributed by atoms with Gasteiger partial charge in [-0.15, -0.1) is 0 Å². The van der Waals surface area contributed by atoms with Crippen LogP contribution in [0.5, 0.6) is 11.5 Å². The van der Waals surface area contributed by atoms with Crippen molar-refractivity contribution in [2.24, 2.45) is 0 Å². The topological polar surface area (TPSA) is 62.5 Å². The molecule has 31 heavy (non-hydrogen) atoms. The van der Waals surface area contributed by atoms with Crippen molar-refractivity contribution in [3.8, 4) is 28.7 Å². The Bertz CT molecular complexity index is 1210. The van der Waals surface area contributed by atoms with Crippen molar-refractivity contribution in [2.45, 2.75) is 18.4 Å². The molecule has 1 aliphatic rings. The lowest BCUT2D eigenvalue weighted by Crippen LogP contribution is -2.38. The summed E-state index contributed by atoms with van der Waals surface area (Å²) in [5.41, 5.74) is -0.315. The smallest absolute Gasteiger partial charge is 0.174 e. The van der Waals surface area contributed by atoms with Gasteiger partial charge >= 0.3 is 0 Å². The highest BCUT2D eigenvalue weighted by molar-refractivity contribution is 6.34. The summed E-state index contributed by atoms with van der Waals surface area (Å²) in [6.07, 6.45) is 0. The summed E-state index contributed by atoms with van der Waals surface area (Å²) < 4.78 is 41.4. The molecule has 1 heterocycles. The second-order valence-corrected chi connectivity index (χ2v) is 7.69. The van der Waals surface area contributed by atoms with Crippen LogP contribution in [0.2, 0.25) is 5.02 Å². The van der Waals surface area contributed by atoms with Crippen LogP contribution < -0.4 is 9.47 Å². The molecule has 1 N–H and O–H groups in total. The largest absolute Gasteiger partial charge is 0.494 e. The predicted octanol–water partition coefficient (Wildman–Crippen LogP) is 5.55. The van der Waals surface area contributed by atoms with Crippen molar-refractivity contribution in [3.05, 3.63) is 81.9 Å². The third-order valence-corrected chi connectivity index (χ3v) is 6.21. The van der Waals surface area contributed by atoms with Gasteiger partial charge in [0.25, 0.3) is 0 Å². The first-order valence-electron chi connectivity index (χ1n) is 9.53. The van der Waals surface area contributed by atoms with Crippen LogP contribution in [-0.4, -0.2) is 18.8 Å². The summed E-state index contributed by atoms with van der Waals surface area (Å²) in [5, 5.41) is 19.6. The number of hydrogen-bond donors (Lipinski definition) is 1. The van der Waals surface area contributed by atoms with Crippen molar-refractivity contribution in [3.63, 3.8) is 0 Å². The fraction of sp³-hybridized carbons (Fsp3) is 0.208. The van der Waals surface area contributed by atoms with Gasteiger partial charge in [-0.25, -0.2) is 8.78 Å². The van der Waals surface area contributed by atoms with Crippen molar-refractivity contribution in [1.82, 2.24) is 0 Å². The van der Waals surface area contributed by atoms with E-state index in [1.54, 1.807) is 31.2 Å². The van der Waals surface area contributed by atoms with Crippen LogP contribution in [-0.2, 0) is 5.60 Å². The second-order valence-electron chi connectivity index (χ2n) is 7.31. The van der Waals surface area contributed by atoms with Gasteiger partial charge in [0.15, 0.2) is 17.2 Å². The molecule has 7 heteroatoms. The van der Waals surface area contributed by atoms with Crippen molar-refractivity contribution in [2.75, 3.05) is 13.7 Å². The van der Waals surface area contributed by atoms with Gasteiger partial charge in [0.2, 0.25) is 0 Å². The summed E-state index contributed by atoms with van der Waals surface area (Å²) in [5.74, 6) is -2.17. The minimum Gasteiger partial charge on any atom is -0.494 e. The Morgan fingerprint density at radius 3 is 2.52 bits per heavy atom. The zero-order valence-electron chi connectivity index (χ0n) is 16.7. The molecule has 0 bridgehead atoms. The van der Waals surface area contributed by atoms with E-state index >= 15 is 4.39 Å². The molecule has 0 radical (unpaired) electrons. The van der Waals surface area contributed by atoms with Gasteiger partial charge in [0, 0.05) is 28.7 Å². The van der Waals surface area contributed by atoms with Crippen LogP contribution in [0, 0.1) is 23.0 Å². The van der Waals surface area contributed by atoms with E-state index in [9.17, 15) is 14.8 Å². The lowest BCUT2D eigenvalue weighted by atomic mass is 9.78. The van der Waals surface area contributed by atoms with Gasteiger partial charge in [-0.1, -0.05) is 48.9 Å². The maximum absolute atomic E-state index is 15.4. The number of methoxy groups -OCH3 is 1. The number of ether oxygens (including phenoxy) is 2. The molecule has 0 fully saturated rings. The SMILES string of the molecule is COc1ccc(C#N)c(-c2c(Cl)c(F)cc3c2C(C)C(CO)(c2ccccc2)O3)c1F. The van der Waals surface area contributed by atoms with Crippen molar-refractivity contribution >= 4 is 11.6 Å². The number of nitrogens with zero attached hydrogens (tertiary/aromatic N) is 1. The molecule has 0 aliphatic carbocycles. The van der Waals surface area contributed by atoms with E-state index in [0.717, 1.165) is 6.07 Å². The predicted molar refractivity (Wildman–Crippen MR) is 112 cm³/mol. The number of aliphatic hydroxyl groups is 1. The van der Waals surface area contributed by atoms with Crippen LogP contribution in [0.15, 0.2) is 48.5 Å². The number of benzene rings is 3. The molecule has 0 spiro atoms. The summed E-state index contributed by atoms with van der Waals surface area (Å²) in [7, 11) is 1.30. The summed E-state index contributed by atoms with van der Waals surface area (Å²) in [4.78, 5) is 0. The molecule has 2 unspecified atom stereocenters. The average molecular weight is 442 g/mol. The fourth-order valence-electron chi connectivity index (χ4n) is 4.24. The number of fused-ring (bicyclic) bond motifs is 1. The Morgan fingerprint density at radius 1 is 1.19 bits per heavy atom. The molecule has 0 aromatic heterocycles. The molecule has 4 nitrogen and oxygen atoms in total. The number of rotatable bonds is 4. The van der Waals surface area contributed by atoms with Crippen LogP contribution in [0.3, 0.4) is 0 Å². The monoisotopic (exact) mass is 441 g/mol. The number of hydrogen-bond acceptors (Lipinski definition) is 4. The first-order valence-corrected chi connectivity index (χ1v) is 9.91. The molecule has 2 atom stereocenters. The zero-order valence-corrected chi connectivity index (χ0v) is 17.5. The van der Waals surface area contributed by atoms with Crippen LogP contribution >= 0.6 is 11.6 Å². The molecule has 0 saturated heterocycles. The van der Waals surface area contributed by atoms with Gasteiger partial charge in [-0.2, -0.15) is 5.26 Å². The second kappa shape index (κ2) is 7.84. The highest BCUT2D eigenvalue weighted by Crippen LogP contribution is 2.56. The summed E-state index contributed by atoms with van der Waals surface area (Å²) in [6.45, 7) is 1.38. The van der Waals surface area contributed by atoms with E-state index in [1.807, 2.05) is 12.1 Å². The number of nitriles is 1. The van der Waals surface area contributed by atoms with E-state index < -0.39 is 29.8 Å². The Labute approximate surface area is 183 Å². The lowest BCUT2D eigenvalue weighted by Gasteiger charge is -2.31. The maximum atomic E-state index is 15.4. The fourth-order valence-corrected chi connectivity index (χ4v) is 4.49. The van der Waals surface area contributed by atoms with Crippen molar-refractivity contribution < 1.29 is 23.4 Å². The normalized spacial score (nSPS) is 19.5. The first kappa shape index (κ1) is 21.1. The third-order valence-electron chi connectivity index (χ3n) is 5.84. The third kappa shape index (κ3) is 3.04. The Balaban J connectivity index is 2.05. The molecule has 3 aromatic rings. The van der Waals surface area contributed by atoms with Crippen molar-refractivity contribution in [1.29, 1.82) is 5.26 Å². The molecular formula is C24H18ClF2NO3. The van der Waals surface area contributed by atoms with E-state index in [1.165, 1.54) is 19.2 Å². The average Bonchev–Trinajstić information content (AvgIpc) is 3.07. The van der Waals surface area contributed by atoms with Crippen LogP contribution in [0.25, 0.3) is 11.1 Å². The molecule has 0 amide bonds. The van der Waals surface area contributed by atoms with E-state index in [0.29, 0.717) is 11.1 Å². The van der Waals surface area contributed by atoms with Gasteiger partial charge in [0.1, 0.15) is 11.6 Å². The highest BCUT2D eigenvalue weighted by atomic mass is 35.5. The molecule has 3 aromatic carbocycles. The molecule has 0 saturated carbocycles.